The van der Waals surface area contributed by atoms with Gasteiger partial charge in [0.15, 0.2) is 0 Å². The number of hydrazine groups is 1. The summed E-state index contributed by atoms with van der Waals surface area (Å²) in [7, 11) is -2.02. The van der Waals surface area contributed by atoms with Crippen molar-refractivity contribution in [3.05, 3.63) is 23.3 Å². The topological polar surface area (TPSA) is 93.4 Å². The van der Waals surface area contributed by atoms with E-state index in [-0.39, 0.29) is 6.04 Å². The average molecular weight is 315 g/mol. The van der Waals surface area contributed by atoms with Gasteiger partial charge in [-0.2, -0.15) is 0 Å². The van der Waals surface area contributed by atoms with E-state index in [1.165, 1.54) is 0 Å². The van der Waals surface area contributed by atoms with E-state index in [0.717, 1.165) is 12.8 Å². The molecule has 1 aromatic rings. The molecular formula is C14H25N3O3S. The molecule has 0 saturated heterocycles. The zero-order valence-corrected chi connectivity index (χ0v) is 13.9. The van der Waals surface area contributed by atoms with Crippen molar-refractivity contribution in [2.24, 2.45) is 5.84 Å². The number of anilines is 1. The maximum absolute atomic E-state index is 12.6. The number of aryl methyl sites for hydroxylation is 2. The minimum atomic E-state index is -3.59. The molecule has 0 aliphatic carbocycles. The second-order valence-electron chi connectivity index (χ2n) is 5.15. The smallest absolute Gasteiger partial charge is 0.241 e. The summed E-state index contributed by atoms with van der Waals surface area (Å²) in [4.78, 5) is 0.304. The highest BCUT2D eigenvalue weighted by Gasteiger charge is 2.23. The molecule has 0 heterocycles. The van der Waals surface area contributed by atoms with Crippen LogP contribution >= 0.6 is 0 Å². The first-order valence-corrected chi connectivity index (χ1v) is 8.43. The zero-order chi connectivity index (χ0) is 16.0. The molecule has 0 saturated carbocycles. The molecule has 1 unspecified atom stereocenters. The van der Waals surface area contributed by atoms with Crippen LogP contribution in [0.2, 0.25) is 0 Å². The van der Waals surface area contributed by atoms with Gasteiger partial charge in [0, 0.05) is 18.8 Å². The highest BCUT2D eigenvalue weighted by atomic mass is 32.2. The first-order chi connectivity index (χ1) is 9.85. The number of rotatable bonds is 8. The third-order valence-electron chi connectivity index (χ3n) is 3.22. The Morgan fingerprint density at radius 1 is 1.29 bits per heavy atom. The number of methoxy groups -OCH3 is 1. The van der Waals surface area contributed by atoms with Crippen molar-refractivity contribution in [1.29, 1.82) is 0 Å². The van der Waals surface area contributed by atoms with Crippen LogP contribution in [0.4, 0.5) is 5.69 Å². The number of nitrogens with two attached hydrogens (primary N) is 1. The van der Waals surface area contributed by atoms with E-state index in [1.807, 2.05) is 6.92 Å². The molecule has 0 spiro atoms. The van der Waals surface area contributed by atoms with E-state index >= 15 is 0 Å². The predicted octanol–water partition coefficient (Wildman–Crippen LogP) is 1.68. The molecule has 1 aromatic carbocycles. The number of hydrogen-bond acceptors (Lipinski definition) is 5. The number of nitrogens with one attached hydrogen (secondary N) is 2. The fourth-order valence-corrected chi connectivity index (χ4v) is 4.17. The van der Waals surface area contributed by atoms with Crippen LogP contribution in [0.5, 0.6) is 0 Å². The Morgan fingerprint density at radius 2 is 1.86 bits per heavy atom. The van der Waals surface area contributed by atoms with Gasteiger partial charge < -0.3 is 10.2 Å². The van der Waals surface area contributed by atoms with E-state index in [0.29, 0.717) is 28.3 Å². The summed E-state index contributed by atoms with van der Waals surface area (Å²) < 4.78 is 33.0. The van der Waals surface area contributed by atoms with Crippen LogP contribution in [-0.4, -0.2) is 28.2 Å². The highest BCUT2D eigenvalue weighted by molar-refractivity contribution is 7.89. The lowest BCUT2D eigenvalue weighted by molar-refractivity contribution is 0.171. The monoisotopic (exact) mass is 315 g/mol. The van der Waals surface area contributed by atoms with E-state index in [1.54, 1.807) is 33.1 Å². The van der Waals surface area contributed by atoms with Gasteiger partial charge in [-0.05, 0) is 43.5 Å². The number of nitrogen functional groups attached to an aromatic ring is 1. The third-order valence-corrected chi connectivity index (χ3v) is 5.05. The second-order valence-corrected chi connectivity index (χ2v) is 6.80. The first-order valence-electron chi connectivity index (χ1n) is 6.94. The minimum Gasteiger partial charge on any atom is -0.383 e. The Morgan fingerprint density at radius 3 is 2.29 bits per heavy atom. The van der Waals surface area contributed by atoms with Crippen LogP contribution in [-0.2, 0) is 14.8 Å². The molecule has 0 amide bonds. The molecule has 0 aromatic heterocycles. The van der Waals surface area contributed by atoms with Gasteiger partial charge in [-0.1, -0.05) is 13.3 Å². The zero-order valence-electron chi connectivity index (χ0n) is 13.1. The number of benzene rings is 1. The summed E-state index contributed by atoms with van der Waals surface area (Å²) in [6, 6.07) is 3.20. The SMILES string of the molecule is CCCC(COC)NS(=O)(=O)c1c(C)cc(NN)cc1C. The van der Waals surface area contributed by atoms with Crippen LogP contribution in [0.15, 0.2) is 17.0 Å². The molecule has 120 valence electrons. The molecule has 0 aliphatic rings. The predicted molar refractivity (Wildman–Crippen MR) is 84.6 cm³/mol. The van der Waals surface area contributed by atoms with Gasteiger partial charge in [0.25, 0.3) is 0 Å². The molecule has 0 aliphatic heterocycles. The Balaban J connectivity index is 3.12. The van der Waals surface area contributed by atoms with Crippen molar-refractivity contribution in [2.75, 3.05) is 19.1 Å². The first kappa shape index (κ1) is 17.9. The normalized spacial score (nSPS) is 13.2. The van der Waals surface area contributed by atoms with Crippen LogP contribution in [0, 0.1) is 13.8 Å². The quantitative estimate of drug-likeness (QED) is 0.501. The fraction of sp³-hybridized carbons (Fsp3) is 0.571. The van der Waals surface area contributed by atoms with Crippen molar-refractivity contribution < 1.29 is 13.2 Å². The molecule has 0 fully saturated rings. The standard InChI is InChI=1S/C14H25N3O3S/c1-5-6-12(9-20-4)17-21(18,19)14-10(2)7-13(16-15)8-11(14)3/h7-8,12,16-17H,5-6,9,15H2,1-4H3. The Bertz CT molecular complexity index is 544. The third kappa shape index (κ3) is 4.67. The number of ether oxygens (including phenoxy) is 1. The van der Waals surface area contributed by atoms with Gasteiger partial charge >= 0.3 is 0 Å². The fourth-order valence-electron chi connectivity index (χ4n) is 2.46. The Kier molecular flexibility index (Phi) is 6.60. The van der Waals surface area contributed by atoms with Gasteiger partial charge in [-0.15, -0.1) is 0 Å². The lowest BCUT2D eigenvalue weighted by Crippen LogP contribution is -2.38. The summed E-state index contributed by atoms with van der Waals surface area (Å²) in [6.45, 7) is 5.88. The van der Waals surface area contributed by atoms with E-state index in [9.17, 15) is 8.42 Å². The van der Waals surface area contributed by atoms with Gasteiger partial charge in [-0.25, -0.2) is 13.1 Å². The minimum absolute atomic E-state index is 0.226. The molecule has 0 radical (unpaired) electrons. The largest absolute Gasteiger partial charge is 0.383 e. The number of sulfonamides is 1. The van der Waals surface area contributed by atoms with Crippen molar-refractivity contribution in [3.8, 4) is 0 Å². The Labute approximate surface area is 127 Å². The van der Waals surface area contributed by atoms with Crippen molar-refractivity contribution in [1.82, 2.24) is 4.72 Å². The second kappa shape index (κ2) is 7.74. The highest BCUT2D eigenvalue weighted by Crippen LogP contribution is 2.24. The Hall–Kier alpha value is -1.15. The number of hydrogen-bond donors (Lipinski definition) is 3. The molecular weight excluding hydrogens is 290 g/mol. The molecule has 1 rings (SSSR count). The summed E-state index contributed by atoms with van der Waals surface area (Å²) >= 11 is 0. The van der Waals surface area contributed by atoms with Crippen LogP contribution in [0.1, 0.15) is 30.9 Å². The van der Waals surface area contributed by atoms with Crippen LogP contribution in [0.3, 0.4) is 0 Å². The summed E-state index contributed by atoms with van der Waals surface area (Å²) in [5, 5.41) is 0. The van der Waals surface area contributed by atoms with Gasteiger partial charge in [0.1, 0.15) is 0 Å². The van der Waals surface area contributed by atoms with Gasteiger partial charge in [-0.3, -0.25) is 5.84 Å². The molecule has 1 atom stereocenters. The van der Waals surface area contributed by atoms with Crippen molar-refractivity contribution in [2.45, 2.75) is 44.6 Å². The van der Waals surface area contributed by atoms with E-state index < -0.39 is 10.0 Å². The molecule has 6 nitrogen and oxygen atoms in total. The van der Waals surface area contributed by atoms with Gasteiger partial charge in [0.05, 0.1) is 11.5 Å². The molecule has 4 N–H and O–H groups in total. The molecule has 0 bridgehead atoms. The van der Waals surface area contributed by atoms with Crippen molar-refractivity contribution >= 4 is 15.7 Å². The summed E-state index contributed by atoms with van der Waals surface area (Å²) in [5.74, 6) is 5.37. The summed E-state index contributed by atoms with van der Waals surface area (Å²) in [5.41, 5.74) is 4.53. The van der Waals surface area contributed by atoms with E-state index in [2.05, 4.69) is 10.1 Å². The maximum Gasteiger partial charge on any atom is 0.241 e. The molecule has 7 heteroatoms. The van der Waals surface area contributed by atoms with E-state index in [4.69, 9.17) is 10.6 Å². The molecule has 21 heavy (non-hydrogen) atoms. The maximum atomic E-state index is 12.6. The lowest BCUT2D eigenvalue weighted by atomic mass is 10.1. The van der Waals surface area contributed by atoms with Crippen molar-refractivity contribution in [3.63, 3.8) is 0 Å². The van der Waals surface area contributed by atoms with Crippen LogP contribution in [0.25, 0.3) is 0 Å². The summed E-state index contributed by atoms with van der Waals surface area (Å²) in [6.07, 6.45) is 1.61. The van der Waals surface area contributed by atoms with Gasteiger partial charge in [0.2, 0.25) is 10.0 Å². The average Bonchev–Trinajstić information content (AvgIpc) is 2.37. The van der Waals surface area contributed by atoms with Crippen LogP contribution < -0.4 is 16.0 Å². The lowest BCUT2D eigenvalue weighted by Gasteiger charge is -2.19.